The lowest BCUT2D eigenvalue weighted by atomic mass is 10.1. The molecule has 0 aromatic heterocycles. The highest BCUT2D eigenvalue weighted by Gasteiger charge is 2.29. The molecule has 0 fully saturated rings. The van der Waals surface area contributed by atoms with E-state index in [1.807, 2.05) is 0 Å². The quantitative estimate of drug-likeness (QED) is 0.377. The molecule has 3 rings (SSSR count). The second-order valence-corrected chi connectivity index (χ2v) is 10.2. The van der Waals surface area contributed by atoms with Crippen molar-refractivity contribution in [2.75, 3.05) is 39.3 Å². The number of amides is 1. The molecule has 1 atom stereocenters. The van der Waals surface area contributed by atoms with Crippen molar-refractivity contribution >= 4 is 33.2 Å². The van der Waals surface area contributed by atoms with E-state index < -0.39 is 28.5 Å². The topological polar surface area (TPSA) is 103 Å². The largest absolute Gasteiger partial charge is 0.493 e. The van der Waals surface area contributed by atoms with Crippen LogP contribution in [-0.4, -0.2) is 49.3 Å². The number of hydrogen-bond acceptors (Lipinski definition) is 7. The lowest BCUT2D eigenvalue weighted by molar-refractivity contribution is -0.120. The Morgan fingerprint density at radius 3 is 1.95 bits per heavy atom. The number of nitrogens with one attached hydrogen (secondary N) is 1. The molecule has 0 radical (unpaired) electrons. The molecule has 3 aromatic carbocycles. The summed E-state index contributed by atoms with van der Waals surface area (Å²) in [6.45, 7) is 1.31. The first-order valence-corrected chi connectivity index (χ1v) is 13.0. The molecule has 1 unspecified atom stereocenters. The normalized spacial score (nSPS) is 11.8. The van der Waals surface area contributed by atoms with E-state index in [9.17, 15) is 13.2 Å². The van der Waals surface area contributed by atoms with Crippen LogP contribution in [-0.2, 0) is 14.8 Å². The molecule has 0 heterocycles. The van der Waals surface area contributed by atoms with E-state index in [0.29, 0.717) is 22.3 Å². The number of sulfonamides is 1. The number of hydrogen-bond donors (Lipinski definition) is 1. The third-order valence-corrected chi connectivity index (χ3v) is 7.65. The van der Waals surface area contributed by atoms with Gasteiger partial charge in [-0.25, -0.2) is 8.42 Å². The van der Waals surface area contributed by atoms with E-state index in [2.05, 4.69) is 5.32 Å². The number of benzene rings is 3. The molecule has 1 amide bonds. The molecule has 0 aliphatic rings. The van der Waals surface area contributed by atoms with Gasteiger partial charge in [-0.3, -0.25) is 9.10 Å². The van der Waals surface area contributed by atoms with Gasteiger partial charge in [-0.1, -0.05) is 17.7 Å². The monoisotopic (exact) mass is 548 g/mol. The predicted octanol–water partition coefficient (Wildman–Crippen LogP) is 4.45. The van der Waals surface area contributed by atoms with Gasteiger partial charge >= 0.3 is 0 Å². The number of nitrogens with zero attached hydrogens (tertiary/aromatic N) is 1. The van der Waals surface area contributed by atoms with E-state index in [4.69, 9.17) is 30.5 Å². The van der Waals surface area contributed by atoms with Gasteiger partial charge in [0.2, 0.25) is 5.91 Å². The molecule has 0 aliphatic heterocycles. The maximum atomic E-state index is 13.7. The SMILES string of the molecule is COc1ccc(C(C)NC(=O)CN(c2ccc(Cl)cc2)S(=O)(=O)c2ccc(OC)c(OC)c2)cc1OC. The molecule has 0 aliphatic carbocycles. The van der Waals surface area contributed by atoms with Crippen molar-refractivity contribution in [1.29, 1.82) is 0 Å². The molecule has 0 saturated carbocycles. The minimum absolute atomic E-state index is 0.0687. The van der Waals surface area contributed by atoms with Gasteiger partial charge < -0.3 is 24.3 Å². The fraction of sp³-hybridized carbons (Fsp3) is 0.269. The van der Waals surface area contributed by atoms with Crippen molar-refractivity contribution in [2.24, 2.45) is 0 Å². The smallest absolute Gasteiger partial charge is 0.264 e. The Bertz CT molecular complexity index is 1350. The van der Waals surface area contributed by atoms with Crippen molar-refractivity contribution in [3.63, 3.8) is 0 Å². The molecule has 11 heteroatoms. The molecule has 0 spiro atoms. The van der Waals surface area contributed by atoms with Crippen LogP contribution in [0.4, 0.5) is 5.69 Å². The summed E-state index contributed by atoms with van der Waals surface area (Å²) in [6.07, 6.45) is 0. The van der Waals surface area contributed by atoms with E-state index in [1.54, 1.807) is 37.3 Å². The average Bonchev–Trinajstić information content (AvgIpc) is 2.91. The standard InChI is InChI=1S/C26H29ClN2O7S/c1-17(18-6-12-22(33-2)24(14-18)35-4)28-26(30)16-29(20-9-7-19(27)8-10-20)37(31,32)21-11-13-23(34-3)25(15-21)36-5/h6-15,17H,16H2,1-5H3,(H,28,30). The third kappa shape index (κ3) is 6.39. The molecule has 198 valence electrons. The van der Waals surface area contributed by atoms with Crippen LogP contribution in [0.5, 0.6) is 23.0 Å². The molecular formula is C26H29ClN2O7S. The first kappa shape index (κ1) is 27.9. The van der Waals surface area contributed by atoms with Crippen LogP contribution in [0.3, 0.4) is 0 Å². The number of methoxy groups -OCH3 is 4. The Balaban J connectivity index is 1.92. The second kappa shape index (κ2) is 12.1. The van der Waals surface area contributed by atoms with Crippen molar-refractivity contribution < 1.29 is 32.2 Å². The van der Waals surface area contributed by atoms with Crippen LogP contribution in [0.2, 0.25) is 5.02 Å². The highest BCUT2D eigenvalue weighted by Crippen LogP contribution is 2.33. The fourth-order valence-electron chi connectivity index (χ4n) is 3.65. The summed E-state index contributed by atoms with van der Waals surface area (Å²) in [4.78, 5) is 13.0. The average molecular weight is 549 g/mol. The van der Waals surface area contributed by atoms with Gasteiger partial charge in [-0.05, 0) is 61.0 Å². The lowest BCUT2D eigenvalue weighted by Crippen LogP contribution is -2.41. The van der Waals surface area contributed by atoms with Gasteiger partial charge in [0, 0.05) is 11.1 Å². The van der Waals surface area contributed by atoms with Crippen LogP contribution in [0.15, 0.2) is 65.6 Å². The summed E-state index contributed by atoms with van der Waals surface area (Å²) in [5.41, 5.74) is 1.03. The van der Waals surface area contributed by atoms with Gasteiger partial charge in [0.05, 0.1) is 45.1 Å². The number of anilines is 1. The summed E-state index contributed by atoms with van der Waals surface area (Å²) in [7, 11) is 1.74. The minimum atomic E-state index is -4.18. The zero-order chi connectivity index (χ0) is 27.2. The number of carbonyl (C=O) groups is 1. The fourth-order valence-corrected chi connectivity index (χ4v) is 5.21. The molecule has 3 aromatic rings. The van der Waals surface area contributed by atoms with E-state index in [1.165, 1.54) is 58.8 Å². The Morgan fingerprint density at radius 2 is 1.38 bits per heavy atom. The van der Waals surface area contributed by atoms with Gasteiger partial charge in [0.15, 0.2) is 23.0 Å². The number of carbonyl (C=O) groups excluding carboxylic acids is 1. The molecule has 1 N–H and O–H groups in total. The zero-order valence-electron chi connectivity index (χ0n) is 21.1. The van der Waals surface area contributed by atoms with Crippen molar-refractivity contribution in [1.82, 2.24) is 5.32 Å². The lowest BCUT2D eigenvalue weighted by Gasteiger charge is -2.25. The highest BCUT2D eigenvalue weighted by molar-refractivity contribution is 7.92. The van der Waals surface area contributed by atoms with Crippen LogP contribution in [0, 0.1) is 0 Å². The van der Waals surface area contributed by atoms with Gasteiger partial charge in [-0.15, -0.1) is 0 Å². The Morgan fingerprint density at radius 1 is 0.838 bits per heavy atom. The first-order valence-electron chi connectivity index (χ1n) is 11.2. The number of ether oxygens (including phenoxy) is 4. The van der Waals surface area contributed by atoms with Crippen LogP contribution < -0.4 is 28.6 Å². The molecule has 37 heavy (non-hydrogen) atoms. The number of halogens is 1. The minimum Gasteiger partial charge on any atom is -0.493 e. The predicted molar refractivity (Wildman–Crippen MR) is 142 cm³/mol. The Hall–Kier alpha value is -3.63. The Labute approximate surface area is 221 Å². The second-order valence-electron chi connectivity index (χ2n) is 7.91. The highest BCUT2D eigenvalue weighted by atomic mass is 35.5. The molecule has 0 bridgehead atoms. The van der Waals surface area contributed by atoms with Crippen LogP contribution >= 0.6 is 11.6 Å². The van der Waals surface area contributed by atoms with Crippen LogP contribution in [0.25, 0.3) is 0 Å². The zero-order valence-corrected chi connectivity index (χ0v) is 22.7. The van der Waals surface area contributed by atoms with Crippen molar-refractivity contribution in [3.05, 3.63) is 71.2 Å². The number of rotatable bonds is 11. The summed E-state index contributed by atoms with van der Waals surface area (Å²) in [5.74, 6) is 1.17. The Kier molecular flexibility index (Phi) is 9.12. The molecule has 0 saturated heterocycles. The molecular weight excluding hydrogens is 520 g/mol. The third-order valence-electron chi connectivity index (χ3n) is 5.63. The molecule has 9 nitrogen and oxygen atoms in total. The van der Waals surface area contributed by atoms with Gasteiger partial charge in [0.25, 0.3) is 10.0 Å². The van der Waals surface area contributed by atoms with Crippen LogP contribution in [0.1, 0.15) is 18.5 Å². The van der Waals surface area contributed by atoms with E-state index in [-0.39, 0.29) is 16.3 Å². The van der Waals surface area contributed by atoms with E-state index >= 15 is 0 Å². The summed E-state index contributed by atoms with van der Waals surface area (Å²) in [6, 6.07) is 15.2. The summed E-state index contributed by atoms with van der Waals surface area (Å²) < 4.78 is 49.5. The van der Waals surface area contributed by atoms with Crippen molar-refractivity contribution in [2.45, 2.75) is 17.9 Å². The van der Waals surface area contributed by atoms with E-state index in [0.717, 1.165) is 9.87 Å². The van der Waals surface area contributed by atoms with Crippen molar-refractivity contribution in [3.8, 4) is 23.0 Å². The first-order chi connectivity index (χ1) is 17.6. The summed E-state index contributed by atoms with van der Waals surface area (Å²) >= 11 is 6.01. The maximum Gasteiger partial charge on any atom is 0.264 e. The van der Waals surface area contributed by atoms with Gasteiger partial charge in [-0.2, -0.15) is 0 Å². The van der Waals surface area contributed by atoms with Gasteiger partial charge in [0.1, 0.15) is 6.54 Å². The summed E-state index contributed by atoms with van der Waals surface area (Å²) in [5, 5.41) is 3.28. The maximum absolute atomic E-state index is 13.7.